The Balaban J connectivity index is 1.40. The van der Waals surface area contributed by atoms with E-state index in [1.807, 2.05) is 12.1 Å². The van der Waals surface area contributed by atoms with Crippen LogP contribution >= 0.6 is 0 Å². The number of nitro groups is 1. The van der Waals surface area contributed by atoms with Crippen LogP contribution in [-0.4, -0.2) is 139 Å². The lowest BCUT2D eigenvalue weighted by molar-refractivity contribution is -0.384. The van der Waals surface area contributed by atoms with Gasteiger partial charge in [-0.05, 0) is 86.3 Å². The summed E-state index contributed by atoms with van der Waals surface area (Å²) in [7, 11) is 0. The van der Waals surface area contributed by atoms with E-state index in [2.05, 4.69) is 23.6 Å². The number of nitrogens with zero attached hydrogens (tertiary/aromatic N) is 4. The van der Waals surface area contributed by atoms with Gasteiger partial charge in [-0.2, -0.15) is 0 Å². The van der Waals surface area contributed by atoms with Gasteiger partial charge in [-0.3, -0.25) is 19.9 Å². The van der Waals surface area contributed by atoms with Crippen LogP contribution in [-0.2, 0) is 19.0 Å². The van der Waals surface area contributed by atoms with Crippen LogP contribution in [0.1, 0.15) is 75.7 Å². The molecule has 17 heteroatoms. The van der Waals surface area contributed by atoms with Gasteiger partial charge in [-0.25, -0.2) is 4.79 Å². The Hall–Kier alpha value is -4.62. The highest BCUT2D eigenvalue weighted by Crippen LogP contribution is 2.62. The fraction of sp³-hybridized carbons (Fsp3) is 0.617. The highest BCUT2D eigenvalue weighted by molar-refractivity contribution is 6.03. The highest BCUT2D eigenvalue weighted by atomic mass is 16.8. The molecule has 1 unspecified atom stereocenters. The lowest BCUT2D eigenvalue weighted by Gasteiger charge is -2.59. The lowest BCUT2D eigenvalue weighted by atomic mass is 9.55. The number of rotatable bonds is 25. The van der Waals surface area contributed by atoms with Crippen molar-refractivity contribution in [1.82, 2.24) is 9.80 Å². The van der Waals surface area contributed by atoms with Gasteiger partial charge in [0.15, 0.2) is 0 Å². The quantitative estimate of drug-likeness (QED) is 0.0346. The van der Waals surface area contributed by atoms with Gasteiger partial charge in [0.2, 0.25) is 12.1 Å². The van der Waals surface area contributed by atoms with Crippen molar-refractivity contribution in [3.8, 4) is 17.2 Å². The van der Waals surface area contributed by atoms with Crippen LogP contribution < -0.4 is 14.2 Å². The minimum atomic E-state index is -1.57. The van der Waals surface area contributed by atoms with Gasteiger partial charge < -0.3 is 48.6 Å². The molecule has 0 aromatic heterocycles. The number of allylic oxidation sites excluding steroid dienone is 1. The zero-order chi connectivity index (χ0) is 44.9. The number of unbranched alkanes of at least 4 members (excludes halogenated alkanes) is 2. The molecule has 7 rings (SSSR count). The van der Waals surface area contributed by atoms with E-state index >= 15 is 0 Å². The normalized spacial score (nSPS) is 26.5. The predicted molar refractivity (Wildman–Crippen MR) is 235 cm³/mol. The molecule has 2 saturated heterocycles. The minimum Gasteiger partial charge on any atom is -0.492 e. The fourth-order valence-electron chi connectivity index (χ4n) is 9.74. The van der Waals surface area contributed by atoms with Crippen molar-refractivity contribution >= 4 is 17.5 Å². The summed E-state index contributed by atoms with van der Waals surface area (Å²) in [6, 6.07) is 10.2. The van der Waals surface area contributed by atoms with Crippen LogP contribution in [0.25, 0.3) is 0 Å². The Morgan fingerprint density at radius 2 is 1.78 bits per heavy atom. The zero-order valence-corrected chi connectivity index (χ0v) is 36.6. The van der Waals surface area contributed by atoms with Gasteiger partial charge in [0.05, 0.1) is 49.6 Å². The Morgan fingerprint density at radius 1 is 1.00 bits per heavy atom. The second-order valence-electron chi connectivity index (χ2n) is 17.0. The first-order valence-electron chi connectivity index (χ1n) is 22.9. The molecule has 0 bridgehead atoms. The molecule has 64 heavy (non-hydrogen) atoms. The van der Waals surface area contributed by atoms with E-state index in [4.69, 9.17) is 38.4 Å². The number of aliphatic hydroxyl groups is 3. The Labute approximate surface area is 374 Å². The van der Waals surface area contributed by atoms with E-state index < -0.39 is 35.1 Å². The largest absolute Gasteiger partial charge is 0.492 e. The van der Waals surface area contributed by atoms with Crippen molar-refractivity contribution in [2.24, 2.45) is 22.9 Å². The van der Waals surface area contributed by atoms with Crippen LogP contribution in [0, 0.1) is 27.9 Å². The summed E-state index contributed by atoms with van der Waals surface area (Å²) in [4.78, 5) is 35.8. The van der Waals surface area contributed by atoms with Gasteiger partial charge in [-0.15, -0.1) is 6.58 Å². The third-order valence-corrected chi connectivity index (χ3v) is 12.9. The molecule has 7 atom stereocenters. The number of fused-ring (bicyclic) bond motifs is 2. The van der Waals surface area contributed by atoms with Crippen LogP contribution in [0.5, 0.6) is 17.2 Å². The first-order chi connectivity index (χ1) is 31.3. The van der Waals surface area contributed by atoms with Gasteiger partial charge in [-0.1, -0.05) is 30.1 Å². The standard InChI is InChI=1S/C47H64N4O13/c1-2-25-61-47-42(50(21-27-58-29-24-54)46(55)62-35-14-12-34(13-15-35)51(56)57)32-40(48-64-43-11-5-8-26-60-43)38-30-33(9-3-6-22-52)37(10-4-7-23-53)44(45(38)47)39-31-36(16-17-41(39)63-47)59-28-20-49-18-19-49/h2,12-17,30-31,33,37,42-45,52-54H,1,3-11,18-29,32H2/t33-,37+,42-,43?,44+,45+,47+/m0/s1. The van der Waals surface area contributed by atoms with Crippen LogP contribution in [0.2, 0.25) is 0 Å². The average Bonchev–Trinajstić information content (AvgIpc) is 4.14. The molecule has 1 saturated carbocycles. The summed E-state index contributed by atoms with van der Waals surface area (Å²) in [5, 5.41) is 45.9. The maximum absolute atomic E-state index is 14.8. The van der Waals surface area contributed by atoms with Crippen molar-refractivity contribution < 1.29 is 58.3 Å². The van der Waals surface area contributed by atoms with Gasteiger partial charge in [0.1, 0.15) is 29.9 Å². The summed E-state index contributed by atoms with van der Waals surface area (Å²) in [6.07, 6.45) is 9.56. The van der Waals surface area contributed by atoms with Crippen molar-refractivity contribution in [2.75, 3.05) is 79.0 Å². The molecular weight excluding hydrogens is 829 g/mol. The summed E-state index contributed by atoms with van der Waals surface area (Å²) in [6.45, 7) is 8.03. The minimum absolute atomic E-state index is 0.00262. The molecule has 3 fully saturated rings. The molecule has 350 valence electrons. The summed E-state index contributed by atoms with van der Waals surface area (Å²) >= 11 is 0. The van der Waals surface area contributed by atoms with E-state index in [0.29, 0.717) is 49.7 Å². The van der Waals surface area contributed by atoms with Gasteiger partial charge in [0, 0.05) is 75.8 Å². The molecule has 1 amide bonds. The monoisotopic (exact) mass is 892 g/mol. The molecule has 0 radical (unpaired) electrons. The molecule has 0 spiro atoms. The summed E-state index contributed by atoms with van der Waals surface area (Å²) < 4.78 is 38.5. The number of hydrogen-bond acceptors (Lipinski definition) is 15. The topological polar surface area (TPSA) is 204 Å². The molecule has 2 aliphatic carbocycles. The van der Waals surface area contributed by atoms with E-state index in [1.165, 1.54) is 29.2 Å². The first-order valence-corrected chi connectivity index (χ1v) is 22.9. The van der Waals surface area contributed by atoms with Gasteiger partial charge >= 0.3 is 6.09 Å². The average molecular weight is 893 g/mol. The SMILES string of the molecule is C=CCO[C@@]12Oc3ccc(OCCN4CC4)cc3[C@H]3[C@H](CCCCO)[C@@H](CCCCO)C=C(C(=NOC4CCCCO4)C[C@@H]1N(CCOCCO)C(=O)Oc1ccc([N+](=O)[O-])cc1)[C@H]32. The number of non-ortho nitro benzene ring substituents is 1. The van der Waals surface area contributed by atoms with E-state index in [-0.39, 0.29) is 81.8 Å². The van der Waals surface area contributed by atoms with E-state index in [0.717, 1.165) is 69.3 Å². The van der Waals surface area contributed by atoms with Crippen molar-refractivity contribution in [3.63, 3.8) is 0 Å². The summed E-state index contributed by atoms with van der Waals surface area (Å²) in [5.74, 6) is -1.04. The van der Waals surface area contributed by atoms with Crippen molar-refractivity contribution in [2.45, 2.75) is 88.2 Å². The Bertz CT molecular complexity index is 1920. The van der Waals surface area contributed by atoms with Crippen LogP contribution in [0.3, 0.4) is 0 Å². The smallest absolute Gasteiger partial charge is 0.415 e. The molecule has 3 heterocycles. The van der Waals surface area contributed by atoms with Crippen LogP contribution in [0.15, 0.2) is 71.9 Å². The number of carbonyl (C=O) groups is 1. The fourth-order valence-corrected chi connectivity index (χ4v) is 9.74. The highest BCUT2D eigenvalue weighted by Gasteiger charge is 2.65. The maximum Gasteiger partial charge on any atom is 0.415 e. The maximum atomic E-state index is 14.8. The third-order valence-electron chi connectivity index (χ3n) is 12.9. The number of hydrogen-bond donors (Lipinski definition) is 3. The first kappa shape index (κ1) is 47.3. The Kier molecular flexibility index (Phi) is 17.0. The van der Waals surface area contributed by atoms with Crippen LogP contribution in [0.4, 0.5) is 10.5 Å². The number of aliphatic hydroxyl groups excluding tert-OH is 3. The number of oxime groups is 1. The molecular formula is C47H64N4O13. The number of amides is 1. The second-order valence-corrected chi connectivity index (χ2v) is 17.0. The molecule has 5 aliphatic rings. The molecule has 3 aliphatic heterocycles. The molecule has 3 N–H and O–H groups in total. The predicted octanol–water partition coefficient (Wildman–Crippen LogP) is 5.96. The molecule has 2 aromatic rings. The second kappa shape index (κ2) is 23.0. The zero-order valence-electron chi connectivity index (χ0n) is 36.6. The third kappa shape index (κ3) is 11.4. The van der Waals surface area contributed by atoms with Gasteiger partial charge in [0.25, 0.3) is 5.69 Å². The number of carbonyl (C=O) groups excluding carboxylic acids is 1. The van der Waals surface area contributed by atoms with E-state index in [9.17, 15) is 30.2 Å². The number of benzene rings is 2. The number of ether oxygens (including phenoxy) is 6. The van der Waals surface area contributed by atoms with Crippen molar-refractivity contribution in [1.29, 1.82) is 0 Å². The molecule has 2 aromatic carbocycles. The lowest BCUT2D eigenvalue weighted by Crippen LogP contribution is -2.70. The van der Waals surface area contributed by atoms with E-state index in [1.54, 1.807) is 6.08 Å². The molecule has 17 nitrogen and oxygen atoms in total. The Morgan fingerprint density at radius 3 is 2.48 bits per heavy atom. The number of nitro benzene ring substituents is 1. The van der Waals surface area contributed by atoms with Crippen molar-refractivity contribution in [3.05, 3.63) is 82.4 Å². The summed E-state index contributed by atoms with van der Waals surface area (Å²) in [5.41, 5.74) is 2.24.